The second-order valence-corrected chi connectivity index (χ2v) is 12.6. The minimum Gasteiger partial charge on any atom is -0.495 e. The highest BCUT2D eigenvalue weighted by Crippen LogP contribution is 2.46. The number of piperidine rings is 3. The highest BCUT2D eigenvalue weighted by atomic mass is 16.5. The highest BCUT2D eigenvalue weighted by Gasteiger charge is 2.47. The van der Waals surface area contributed by atoms with E-state index in [2.05, 4.69) is 20.2 Å². The molecule has 0 aliphatic carbocycles. The molecule has 7 rings (SSSR count). The van der Waals surface area contributed by atoms with Crippen molar-refractivity contribution in [2.45, 2.75) is 44.6 Å². The van der Waals surface area contributed by atoms with Crippen molar-refractivity contribution in [2.24, 2.45) is 12.5 Å². The molecule has 4 aliphatic heterocycles. The number of methoxy groups -OCH3 is 1. The number of ether oxygens (including phenoxy) is 1. The molecule has 12 nitrogen and oxygen atoms in total. The van der Waals surface area contributed by atoms with Gasteiger partial charge in [0, 0.05) is 68.7 Å². The summed E-state index contributed by atoms with van der Waals surface area (Å²) in [6.07, 6.45) is 8.11. The third-order valence-corrected chi connectivity index (χ3v) is 10.1. The third-order valence-electron chi connectivity index (χ3n) is 10.1. The van der Waals surface area contributed by atoms with E-state index in [0.29, 0.717) is 22.6 Å². The fraction of sp³-hybridized carbons (Fsp3) is 0.424. The van der Waals surface area contributed by atoms with Crippen LogP contribution < -0.4 is 25.6 Å². The van der Waals surface area contributed by atoms with Gasteiger partial charge < -0.3 is 20.3 Å². The normalized spacial score (nSPS) is 21.4. The van der Waals surface area contributed by atoms with Gasteiger partial charge >= 0.3 is 0 Å². The molecule has 0 bridgehead atoms. The summed E-state index contributed by atoms with van der Waals surface area (Å²) in [5.41, 5.74) is 11.6. The lowest BCUT2D eigenvalue weighted by Gasteiger charge is -2.48. The number of benzene rings is 2. The average Bonchev–Trinajstić information content (AvgIpc) is 3.58. The van der Waals surface area contributed by atoms with Crippen molar-refractivity contribution in [1.82, 2.24) is 20.0 Å². The number of aromatic nitrogens is 2. The van der Waals surface area contributed by atoms with Crippen LogP contribution in [0.2, 0.25) is 0 Å². The van der Waals surface area contributed by atoms with Gasteiger partial charge in [-0.2, -0.15) is 5.10 Å². The number of rotatable bonds is 5. The second kappa shape index (κ2) is 10.9. The van der Waals surface area contributed by atoms with Crippen molar-refractivity contribution in [3.63, 3.8) is 0 Å². The molecule has 45 heavy (non-hydrogen) atoms. The summed E-state index contributed by atoms with van der Waals surface area (Å²) in [5.74, 6) is -1.26. The van der Waals surface area contributed by atoms with Gasteiger partial charge in [-0.1, -0.05) is 6.07 Å². The minimum atomic E-state index is -0.975. The molecule has 3 fully saturated rings. The standard InChI is InChI=1S/C33H37N7O5/c1-37-19-20(18-35-37)22-16-23(34)27(45-2)17-26(22)39-14-10-33(11-15-39)8-12-38(13-9-33)24-5-3-4-21-29(24)32(44)40(31(21)43)25-6-7-28(41)36-30(25)42/h3-5,16-19,25H,6-15,34H2,1-2H3,(H,36,41,42). The van der Waals surface area contributed by atoms with Gasteiger partial charge in [-0.05, 0) is 55.7 Å². The molecule has 4 aliphatic rings. The Morgan fingerprint density at radius 1 is 0.933 bits per heavy atom. The molecule has 4 amide bonds. The molecule has 3 N–H and O–H groups in total. The fourth-order valence-corrected chi connectivity index (χ4v) is 7.52. The Balaban J connectivity index is 1.06. The van der Waals surface area contributed by atoms with Gasteiger partial charge in [0.2, 0.25) is 11.8 Å². The molecule has 5 heterocycles. The highest BCUT2D eigenvalue weighted by molar-refractivity contribution is 6.25. The number of amides is 4. The first kappa shape index (κ1) is 28.9. The van der Waals surface area contributed by atoms with Gasteiger partial charge in [0.15, 0.2) is 0 Å². The van der Waals surface area contributed by atoms with E-state index >= 15 is 0 Å². The SMILES string of the molecule is COc1cc(N2CCC3(CC2)CCN(c2cccc4c2C(=O)N(C2CCC(=O)NC2=O)C4=O)CC3)c(-c2cnn(C)c2)cc1N. The van der Waals surface area contributed by atoms with Gasteiger partial charge in [-0.3, -0.25) is 34.1 Å². The van der Waals surface area contributed by atoms with Crippen molar-refractivity contribution in [2.75, 3.05) is 48.8 Å². The number of fused-ring (bicyclic) bond motifs is 1. The molecule has 3 aromatic rings. The molecule has 234 valence electrons. The topological polar surface area (TPSA) is 143 Å². The second-order valence-electron chi connectivity index (χ2n) is 12.6. The van der Waals surface area contributed by atoms with E-state index in [0.717, 1.165) is 79.3 Å². The number of hydrogen-bond acceptors (Lipinski definition) is 9. The van der Waals surface area contributed by atoms with E-state index in [1.807, 2.05) is 37.6 Å². The van der Waals surface area contributed by atoms with E-state index in [1.54, 1.807) is 23.9 Å². The number of imide groups is 2. The fourth-order valence-electron chi connectivity index (χ4n) is 7.52. The lowest BCUT2D eigenvalue weighted by Crippen LogP contribution is -2.54. The third kappa shape index (κ3) is 4.88. The van der Waals surface area contributed by atoms with Gasteiger partial charge in [-0.15, -0.1) is 0 Å². The molecule has 1 aromatic heterocycles. The molecule has 0 saturated carbocycles. The molecule has 12 heteroatoms. The predicted octanol–water partition coefficient (Wildman–Crippen LogP) is 2.97. The summed E-state index contributed by atoms with van der Waals surface area (Å²) in [6, 6.07) is 8.38. The largest absolute Gasteiger partial charge is 0.495 e. The number of nitrogens with two attached hydrogens (primary N) is 1. The average molecular weight is 612 g/mol. The number of aryl methyl sites for hydroxylation is 1. The van der Waals surface area contributed by atoms with E-state index in [1.165, 1.54) is 0 Å². The quantitative estimate of drug-likeness (QED) is 0.329. The maximum atomic E-state index is 13.6. The van der Waals surface area contributed by atoms with Crippen LogP contribution in [0, 0.1) is 5.41 Å². The molecular formula is C33H37N7O5. The van der Waals surface area contributed by atoms with Crippen LogP contribution in [0.4, 0.5) is 17.1 Å². The first-order valence-electron chi connectivity index (χ1n) is 15.5. The zero-order valence-corrected chi connectivity index (χ0v) is 25.5. The van der Waals surface area contributed by atoms with Crippen molar-refractivity contribution in [1.29, 1.82) is 0 Å². The smallest absolute Gasteiger partial charge is 0.264 e. The summed E-state index contributed by atoms with van der Waals surface area (Å²) in [5, 5.41) is 6.63. The molecule has 0 radical (unpaired) electrons. The molecule has 1 spiro atoms. The van der Waals surface area contributed by atoms with Gasteiger partial charge in [0.25, 0.3) is 11.8 Å². The Morgan fingerprint density at radius 3 is 2.24 bits per heavy atom. The van der Waals surface area contributed by atoms with Crippen LogP contribution in [0.3, 0.4) is 0 Å². The number of carbonyl (C=O) groups excluding carboxylic acids is 4. The van der Waals surface area contributed by atoms with Crippen molar-refractivity contribution < 1.29 is 23.9 Å². The maximum Gasteiger partial charge on any atom is 0.264 e. The predicted molar refractivity (Wildman–Crippen MR) is 168 cm³/mol. The van der Waals surface area contributed by atoms with Gasteiger partial charge in [-0.25, -0.2) is 0 Å². The molecule has 1 atom stereocenters. The summed E-state index contributed by atoms with van der Waals surface area (Å²) < 4.78 is 7.36. The van der Waals surface area contributed by atoms with E-state index < -0.39 is 23.8 Å². The summed E-state index contributed by atoms with van der Waals surface area (Å²) >= 11 is 0. The number of nitrogens with zero attached hydrogens (tertiary/aromatic N) is 5. The molecular weight excluding hydrogens is 574 g/mol. The number of carbonyl (C=O) groups is 4. The Hall–Kier alpha value is -4.87. The van der Waals surface area contributed by atoms with Crippen LogP contribution in [0.15, 0.2) is 42.7 Å². The number of anilines is 3. The zero-order valence-electron chi connectivity index (χ0n) is 25.5. The lowest BCUT2D eigenvalue weighted by atomic mass is 9.71. The van der Waals surface area contributed by atoms with Crippen LogP contribution in [0.5, 0.6) is 5.75 Å². The maximum absolute atomic E-state index is 13.6. The van der Waals surface area contributed by atoms with Crippen molar-refractivity contribution >= 4 is 40.7 Å². The van der Waals surface area contributed by atoms with Crippen LogP contribution in [-0.4, -0.2) is 77.6 Å². The first-order chi connectivity index (χ1) is 21.7. The number of nitrogen functional groups attached to an aromatic ring is 1. The van der Waals surface area contributed by atoms with Crippen molar-refractivity contribution in [3.05, 3.63) is 53.9 Å². The van der Waals surface area contributed by atoms with Gasteiger partial charge in [0.05, 0.1) is 35.8 Å². The van der Waals surface area contributed by atoms with Gasteiger partial charge in [0.1, 0.15) is 11.8 Å². The number of nitrogens with one attached hydrogen (secondary N) is 1. The van der Waals surface area contributed by atoms with E-state index in [4.69, 9.17) is 10.5 Å². The lowest BCUT2D eigenvalue weighted by molar-refractivity contribution is -0.136. The molecule has 1 unspecified atom stereocenters. The van der Waals surface area contributed by atoms with E-state index in [9.17, 15) is 19.2 Å². The number of hydrogen-bond donors (Lipinski definition) is 2. The monoisotopic (exact) mass is 611 g/mol. The zero-order chi connectivity index (χ0) is 31.5. The van der Waals surface area contributed by atoms with Crippen LogP contribution in [0.25, 0.3) is 11.1 Å². The van der Waals surface area contributed by atoms with Crippen LogP contribution >= 0.6 is 0 Å². The Morgan fingerprint density at radius 2 is 1.62 bits per heavy atom. The Labute approximate surface area is 261 Å². The molecule has 2 aromatic carbocycles. The van der Waals surface area contributed by atoms with Crippen molar-refractivity contribution in [3.8, 4) is 16.9 Å². The van der Waals surface area contributed by atoms with E-state index in [-0.39, 0.29) is 24.2 Å². The summed E-state index contributed by atoms with van der Waals surface area (Å²) in [4.78, 5) is 56.8. The Kier molecular flexibility index (Phi) is 7.02. The Bertz CT molecular complexity index is 1710. The summed E-state index contributed by atoms with van der Waals surface area (Å²) in [7, 11) is 3.54. The van der Waals surface area contributed by atoms with Crippen LogP contribution in [-0.2, 0) is 16.6 Å². The molecule has 3 saturated heterocycles. The minimum absolute atomic E-state index is 0.0962. The first-order valence-corrected chi connectivity index (χ1v) is 15.5. The van der Waals surface area contributed by atoms with Crippen LogP contribution in [0.1, 0.15) is 59.2 Å². The summed E-state index contributed by atoms with van der Waals surface area (Å²) in [6.45, 7) is 3.34.